The smallest absolute Gasteiger partial charge is 0.338 e. The molecular formula is C17H16N2O3. The van der Waals surface area contributed by atoms with E-state index in [1.165, 1.54) is 7.11 Å². The molecule has 5 heteroatoms. The van der Waals surface area contributed by atoms with Gasteiger partial charge in [0.25, 0.3) is 0 Å². The normalized spacial score (nSPS) is 10.8. The van der Waals surface area contributed by atoms with Gasteiger partial charge in [0.2, 0.25) is 0 Å². The summed E-state index contributed by atoms with van der Waals surface area (Å²) in [4.78, 5) is 15.2. The van der Waals surface area contributed by atoms with Gasteiger partial charge in [0.1, 0.15) is 0 Å². The van der Waals surface area contributed by atoms with Crippen molar-refractivity contribution in [2.45, 2.75) is 6.61 Å². The molecule has 1 aromatic heterocycles. The number of anilines is 1. The van der Waals surface area contributed by atoms with E-state index in [0.717, 1.165) is 27.7 Å². The number of ether oxygens (including phenoxy) is 1. The minimum Gasteiger partial charge on any atom is -0.465 e. The summed E-state index contributed by atoms with van der Waals surface area (Å²) in [6.07, 6.45) is 0. The average molecular weight is 296 g/mol. The maximum Gasteiger partial charge on any atom is 0.338 e. The molecule has 0 aliphatic heterocycles. The Hall–Kier alpha value is -2.79. The molecule has 0 fully saturated rings. The molecule has 0 aliphatic carbocycles. The number of rotatable bonds is 3. The van der Waals surface area contributed by atoms with Crippen LogP contribution >= 0.6 is 0 Å². The first-order valence-corrected chi connectivity index (χ1v) is 6.83. The average Bonchev–Trinajstić information content (AvgIpc) is 2.97. The van der Waals surface area contributed by atoms with Gasteiger partial charge in [-0.2, -0.15) is 0 Å². The number of nitrogens with two attached hydrogens (primary N) is 1. The number of esters is 1. The lowest BCUT2D eigenvalue weighted by atomic mass is 10.1. The molecule has 0 unspecified atom stereocenters. The number of carbonyl (C=O) groups is 1. The maximum absolute atomic E-state index is 11.9. The van der Waals surface area contributed by atoms with Crippen molar-refractivity contribution in [3.63, 3.8) is 0 Å². The Morgan fingerprint density at radius 3 is 2.82 bits per heavy atom. The van der Waals surface area contributed by atoms with Crippen molar-refractivity contribution in [1.29, 1.82) is 0 Å². The number of hydrogen-bond donors (Lipinski definition) is 3. The fraction of sp³-hybridized carbons (Fsp3) is 0.118. The maximum atomic E-state index is 11.9. The number of aromatic amines is 1. The summed E-state index contributed by atoms with van der Waals surface area (Å²) >= 11 is 0. The Kier molecular flexibility index (Phi) is 3.56. The Balaban J connectivity index is 2.18. The van der Waals surface area contributed by atoms with E-state index in [9.17, 15) is 9.90 Å². The molecular weight excluding hydrogens is 280 g/mol. The van der Waals surface area contributed by atoms with Crippen molar-refractivity contribution in [3.8, 4) is 11.3 Å². The second-order valence-electron chi connectivity index (χ2n) is 5.06. The number of nitrogens with one attached hydrogen (secondary N) is 1. The number of aromatic nitrogens is 1. The van der Waals surface area contributed by atoms with Crippen LogP contribution in [-0.2, 0) is 11.3 Å². The number of H-pyrrole nitrogens is 1. The van der Waals surface area contributed by atoms with Crippen molar-refractivity contribution in [2.75, 3.05) is 12.8 Å². The molecule has 0 amide bonds. The fourth-order valence-electron chi connectivity index (χ4n) is 2.53. The van der Waals surface area contributed by atoms with Gasteiger partial charge >= 0.3 is 5.97 Å². The third kappa shape index (κ3) is 2.42. The van der Waals surface area contributed by atoms with Crippen LogP contribution in [0.4, 0.5) is 5.69 Å². The number of hydrogen-bond acceptors (Lipinski definition) is 4. The standard InChI is InChI=1S/C17H16N2O3/c1-22-17(21)14-6-12(18)7-16-13(14)8-15(19-16)11-4-2-3-10(5-11)9-20/h2-8,19-20H,9,18H2,1H3. The summed E-state index contributed by atoms with van der Waals surface area (Å²) in [5.74, 6) is -0.424. The van der Waals surface area contributed by atoms with Gasteiger partial charge in [0.15, 0.2) is 0 Å². The zero-order valence-electron chi connectivity index (χ0n) is 12.1. The Labute approximate surface area is 127 Å². The van der Waals surface area contributed by atoms with E-state index in [1.54, 1.807) is 12.1 Å². The first-order valence-electron chi connectivity index (χ1n) is 6.83. The second-order valence-corrected chi connectivity index (χ2v) is 5.06. The molecule has 5 nitrogen and oxygen atoms in total. The van der Waals surface area contributed by atoms with Crippen LogP contribution in [0.25, 0.3) is 22.2 Å². The zero-order chi connectivity index (χ0) is 15.7. The van der Waals surface area contributed by atoms with Crippen molar-refractivity contribution in [3.05, 3.63) is 53.6 Å². The van der Waals surface area contributed by atoms with Gasteiger partial charge in [-0.15, -0.1) is 0 Å². The van der Waals surface area contributed by atoms with Crippen LogP contribution in [0.5, 0.6) is 0 Å². The van der Waals surface area contributed by atoms with Crippen molar-refractivity contribution in [1.82, 2.24) is 4.98 Å². The van der Waals surface area contributed by atoms with Crippen LogP contribution in [0.2, 0.25) is 0 Å². The minimum atomic E-state index is -0.424. The van der Waals surface area contributed by atoms with E-state index < -0.39 is 5.97 Å². The number of aliphatic hydroxyl groups is 1. The van der Waals surface area contributed by atoms with E-state index in [0.29, 0.717) is 11.3 Å². The molecule has 112 valence electrons. The highest BCUT2D eigenvalue weighted by atomic mass is 16.5. The van der Waals surface area contributed by atoms with Crippen LogP contribution < -0.4 is 5.73 Å². The minimum absolute atomic E-state index is 0.0194. The molecule has 1 heterocycles. The van der Waals surface area contributed by atoms with Crippen molar-refractivity contribution in [2.24, 2.45) is 0 Å². The summed E-state index contributed by atoms with van der Waals surface area (Å²) in [6, 6.07) is 12.8. The summed E-state index contributed by atoms with van der Waals surface area (Å²) < 4.78 is 4.81. The van der Waals surface area contributed by atoms with Gasteiger partial charge in [0.05, 0.1) is 19.3 Å². The topological polar surface area (TPSA) is 88.3 Å². The van der Waals surface area contributed by atoms with E-state index in [1.807, 2.05) is 30.3 Å². The van der Waals surface area contributed by atoms with Crippen LogP contribution in [0.3, 0.4) is 0 Å². The predicted octanol–water partition coefficient (Wildman–Crippen LogP) is 2.70. The molecule has 0 aliphatic rings. The van der Waals surface area contributed by atoms with Gasteiger partial charge in [-0.05, 0) is 35.4 Å². The molecule has 0 spiro atoms. The SMILES string of the molecule is COC(=O)c1cc(N)cc2[nH]c(-c3cccc(CO)c3)cc12. The van der Waals surface area contributed by atoms with Crippen LogP contribution in [0.15, 0.2) is 42.5 Å². The molecule has 0 bridgehead atoms. The highest BCUT2D eigenvalue weighted by molar-refractivity contribution is 6.06. The van der Waals surface area contributed by atoms with Gasteiger partial charge in [0, 0.05) is 22.3 Å². The van der Waals surface area contributed by atoms with Crippen LogP contribution in [0.1, 0.15) is 15.9 Å². The molecule has 4 N–H and O–H groups in total. The summed E-state index contributed by atoms with van der Waals surface area (Å²) in [6.45, 7) is -0.0194. The number of aliphatic hydroxyl groups excluding tert-OH is 1. The molecule has 3 aromatic rings. The number of fused-ring (bicyclic) bond motifs is 1. The van der Waals surface area contributed by atoms with E-state index >= 15 is 0 Å². The number of carbonyl (C=O) groups excluding carboxylic acids is 1. The number of nitrogen functional groups attached to an aromatic ring is 1. The number of benzene rings is 2. The Morgan fingerprint density at radius 2 is 2.09 bits per heavy atom. The van der Waals surface area contributed by atoms with Crippen LogP contribution in [-0.4, -0.2) is 23.2 Å². The van der Waals surface area contributed by atoms with Gasteiger partial charge in [-0.1, -0.05) is 18.2 Å². The van der Waals surface area contributed by atoms with Gasteiger partial charge < -0.3 is 20.6 Å². The largest absolute Gasteiger partial charge is 0.465 e. The first kappa shape index (κ1) is 14.2. The lowest BCUT2D eigenvalue weighted by molar-refractivity contribution is 0.0603. The molecule has 0 saturated heterocycles. The zero-order valence-corrected chi connectivity index (χ0v) is 12.1. The van der Waals surface area contributed by atoms with E-state index in [4.69, 9.17) is 10.5 Å². The third-order valence-corrected chi connectivity index (χ3v) is 3.59. The number of methoxy groups -OCH3 is 1. The second kappa shape index (κ2) is 5.54. The quantitative estimate of drug-likeness (QED) is 0.512. The highest BCUT2D eigenvalue weighted by Gasteiger charge is 2.14. The third-order valence-electron chi connectivity index (χ3n) is 3.59. The van der Waals surface area contributed by atoms with Gasteiger partial charge in [-0.25, -0.2) is 4.79 Å². The lowest BCUT2D eigenvalue weighted by Crippen LogP contribution is -2.02. The molecule has 0 atom stereocenters. The van der Waals surface area contributed by atoms with E-state index in [-0.39, 0.29) is 6.61 Å². The molecule has 2 aromatic carbocycles. The Morgan fingerprint density at radius 1 is 1.27 bits per heavy atom. The van der Waals surface area contributed by atoms with Gasteiger partial charge in [-0.3, -0.25) is 0 Å². The van der Waals surface area contributed by atoms with Crippen molar-refractivity contribution < 1.29 is 14.6 Å². The highest BCUT2D eigenvalue weighted by Crippen LogP contribution is 2.29. The summed E-state index contributed by atoms with van der Waals surface area (Å²) in [5, 5.41) is 10.0. The molecule has 0 saturated carbocycles. The molecule has 22 heavy (non-hydrogen) atoms. The summed E-state index contributed by atoms with van der Waals surface area (Å²) in [5.41, 5.74) is 10.1. The Bertz CT molecular complexity index is 852. The van der Waals surface area contributed by atoms with E-state index in [2.05, 4.69) is 4.98 Å². The predicted molar refractivity (Wildman–Crippen MR) is 85.4 cm³/mol. The molecule has 0 radical (unpaired) electrons. The first-order chi connectivity index (χ1) is 10.6. The van der Waals surface area contributed by atoms with Crippen LogP contribution in [0, 0.1) is 0 Å². The fourth-order valence-corrected chi connectivity index (χ4v) is 2.53. The van der Waals surface area contributed by atoms with Crippen molar-refractivity contribution >= 4 is 22.6 Å². The monoisotopic (exact) mass is 296 g/mol. The molecule has 3 rings (SSSR count). The lowest BCUT2D eigenvalue weighted by Gasteiger charge is -2.02. The summed E-state index contributed by atoms with van der Waals surface area (Å²) in [7, 11) is 1.34.